The van der Waals surface area contributed by atoms with Crippen LogP contribution in [0.25, 0.3) is 0 Å². The molecule has 2 saturated heterocycles. The molecule has 0 bridgehead atoms. The first-order valence-electron chi connectivity index (χ1n) is 11.1. The fraction of sp³-hybridized carbons (Fsp3) is 0.375. The highest BCUT2D eigenvalue weighted by molar-refractivity contribution is 8.01. The lowest BCUT2D eigenvalue weighted by Crippen LogP contribution is -2.70. The quantitative estimate of drug-likeness (QED) is 0.304. The summed E-state index contributed by atoms with van der Waals surface area (Å²) in [5.41, 5.74) is 0.831. The van der Waals surface area contributed by atoms with Crippen LogP contribution in [0.5, 0.6) is 0 Å². The molecule has 0 spiro atoms. The molecule has 0 unspecified atom stereocenters. The zero-order valence-corrected chi connectivity index (χ0v) is 22.3. The van der Waals surface area contributed by atoms with Crippen LogP contribution in [0.1, 0.15) is 19.4 Å². The lowest BCUT2D eigenvalue weighted by molar-refractivity contribution is -0.165. The molecule has 2 aliphatic heterocycles. The Morgan fingerprint density at radius 3 is 2.42 bits per heavy atom. The molecular formula is C24H26ClN3O6S2. The van der Waals surface area contributed by atoms with Crippen LogP contribution in [0.4, 0.5) is 0 Å². The lowest BCUT2D eigenvalue weighted by Gasteiger charge is -2.44. The maximum absolute atomic E-state index is 13.0. The molecule has 0 radical (unpaired) electrons. The molecule has 2 fully saturated rings. The highest BCUT2D eigenvalue weighted by atomic mass is 35.5. The van der Waals surface area contributed by atoms with Crippen LogP contribution >= 0.6 is 23.4 Å². The maximum atomic E-state index is 13.0. The third-order valence-electron chi connectivity index (χ3n) is 6.10. The Balaban J connectivity index is 1.38. The van der Waals surface area contributed by atoms with E-state index in [0.717, 1.165) is 9.87 Å². The van der Waals surface area contributed by atoms with Crippen LogP contribution in [0.3, 0.4) is 0 Å². The monoisotopic (exact) mass is 551 g/mol. The second-order valence-electron chi connectivity index (χ2n) is 9.12. The van der Waals surface area contributed by atoms with E-state index in [1.807, 2.05) is 44.2 Å². The minimum atomic E-state index is -3.91. The number of rotatable bonds is 8. The molecule has 3 atom stereocenters. The average molecular weight is 552 g/mol. The first-order valence-corrected chi connectivity index (χ1v) is 13.8. The molecule has 36 heavy (non-hydrogen) atoms. The van der Waals surface area contributed by atoms with Crippen LogP contribution in [0, 0.1) is 0 Å². The Labute approximate surface area is 219 Å². The number of fused-ring (bicyclic) bond motifs is 1. The maximum Gasteiger partial charge on any atom is 0.331 e. The highest BCUT2D eigenvalue weighted by Gasteiger charge is 2.64. The lowest BCUT2D eigenvalue weighted by atomic mass is 9.96. The summed E-state index contributed by atoms with van der Waals surface area (Å²) in [6.45, 7) is 3.10. The second kappa shape index (κ2) is 10.0. The Bertz CT molecular complexity index is 1270. The van der Waals surface area contributed by atoms with Gasteiger partial charge in [-0.15, -0.1) is 11.8 Å². The molecule has 9 nitrogen and oxygen atoms in total. The zero-order chi connectivity index (χ0) is 26.3. The molecule has 1 N–H and O–H groups in total. The molecule has 2 heterocycles. The van der Waals surface area contributed by atoms with Gasteiger partial charge < -0.3 is 15.0 Å². The van der Waals surface area contributed by atoms with Gasteiger partial charge in [0.15, 0.2) is 6.73 Å². The molecule has 2 amide bonds. The normalized spacial score (nSPS) is 22.6. The summed E-state index contributed by atoms with van der Waals surface area (Å²) in [5, 5.41) is 2.75. The van der Waals surface area contributed by atoms with Gasteiger partial charge in [-0.05, 0) is 43.7 Å². The third kappa shape index (κ3) is 5.10. The predicted octanol–water partition coefficient (Wildman–Crippen LogP) is 2.25. The van der Waals surface area contributed by atoms with Crippen molar-refractivity contribution in [3.8, 4) is 0 Å². The fourth-order valence-corrected chi connectivity index (χ4v) is 7.00. The van der Waals surface area contributed by atoms with E-state index < -0.39 is 44.9 Å². The Hall–Kier alpha value is -2.60. The smallest absolute Gasteiger partial charge is 0.331 e. The van der Waals surface area contributed by atoms with Crippen molar-refractivity contribution in [2.24, 2.45) is 0 Å². The first-order chi connectivity index (χ1) is 16.9. The number of esters is 1. The number of ether oxygens (including phenoxy) is 1. The van der Waals surface area contributed by atoms with Crippen LogP contribution in [-0.2, 0) is 35.6 Å². The number of hydrogen-bond donors (Lipinski definition) is 1. The number of sulfonamides is 1. The Morgan fingerprint density at radius 1 is 1.14 bits per heavy atom. The molecule has 0 aliphatic carbocycles. The standard InChI is InChI=1S/C24H26ClN3O6S2/c1-24(2)20(23(31)34-14-27(3)36(32,33)17-11-9-16(25)10-12-17)28-21(30)19(22(28)35-24)26-18(29)13-15-7-5-4-6-8-15/h4-12,19-20,22H,13-14H2,1-3H3,(H,26,29)/t19-,20+,22-/m1/s1. The summed E-state index contributed by atoms with van der Waals surface area (Å²) in [7, 11) is -2.62. The number of benzene rings is 2. The topological polar surface area (TPSA) is 113 Å². The fourth-order valence-electron chi connectivity index (χ4n) is 4.22. The van der Waals surface area contributed by atoms with Crippen molar-refractivity contribution in [2.45, 2.75) is 47.4 Å². The zero-order valence-electron chi connectivity index (χ0n) is 19.9. The van der Waals surface area contributed by atoms with E-state index in [4.69, 9.17) is 16.3 Å². The van der Waals surface area contributed by atoms with Gasteiger partial charge in [-0.3, -0.25) is 9.59 Å². The van der Waals surface area contributed by atoms with Gasteiger partial charge in [0.1, 0.15) is 17.5 Å². The van der Waals surface area contributed by atoms with Gasteiger partial charge >= 0.3 is 5.97 Å². The van der Waals surface area contributed by atoms with E-state index in [1.165, 1.54) is 48.0 Å². The largest absolute Gasteiger partial charge is 0.447 e. The number of β-lactam (4-membered cyclic amide) rings is 1. The molecule has 2 aliphatic rings. The van der Waals surface area contributed by atoms with Gasteiger partial charge in [0.25, 0.3) is 0 Å². The number of carbonyl (C=O) groups excluding carboxylic acids is 3. The Kier molecular flexibility index (Phi) is 7.38. The van der Waals surface area contributed by atoms with Crippen LogP contribution in [-0.4, -0.2) is 71.4 Å². The van der Waals surface area contributed by atoms with Crippen molar-refractivity contribution >= 4 is 51.2 Å². The molecule has 0 saturated carbocycles. The van der Waals surface area contributed by atoms with E-state index in [2.05, 4.69) is 5.32 Å². The molecule has 192 valence electrons. The van der Waals surface area contributed by atoms with Crippen LogP contribution in [0.2, 0.25) is 5.02 Å². The average Bonchev–Trinajstić information content (AvgIpc) is 3.09. The number of nitrogens with one attached hydrogen (secondary N) is 1. The molecule has 4 rings (SSSR count). The van der Waals surface area contributed by atoms with E-state index in [9.17, 15) is 22.8 Å². The third-order valence-corrected chi connectivity index (χ3v) is 9.72. The van der Waals surface area contributed by atoms with Crippen molar-refractivity contribution in [2.75, 3.05) is 13.8 Å². The van der Waals surface area contributed by atoms with Crippen molar-refractivity contribution in [1.29, 1.82) is 0 Å². The van der Waals surface area contributed by atoms with Gasteiger partial charge in [-0.25, -0.2) is 13.2 Å². The van der Waals surface area contributed by atoms with E-state index in [-0.39, 0.29) is 23.1 Å². The predicted molar refractivity (Wildman–Crippen MR) is 136 cm³/mol. The minimum absolute atomic E-state index is 0.00858. The van der Waals surface area contributed by atoms with Crippen LogP contribution < -0.4 is 5.32 Å². The number of halogens is 1. The number of thioether (sulfide) groups is 1. The second-order valence-corrected chi connectivity index (χ2v) is 13.4. The van der Waals surface area contributed by atoms with Gasteiger partial charge in [0, 0.05) is 16.8 Å². The van der Waals surface area contributed by atoms with Crippen molar-refractivity contribution in [1.82, 2.24) is 14.5 Å². The van der Waals surface area contributed by atoms with Crippen molar-refractivity contribution < 1.29 is 27.5 Å². The summed E-state index contributed by atoms with van der Waals surface area (Å²) in [6.07, 6.45) is 0.144. The first kappa shape index (κ1) is 26.5. The molecule has 12 heteroatoms. The van der Waals surface area contributed by atoms with E-state index in [0.29, 0.717) is 5.02 Å². The summed E-state index contributed by atoms with van der Waals surface area (Å²) in [4.78, 5) is 39.8. The number of nitrogens with zero attached hydrogens (tertiary/aromatic N) is 2. The summed E-state index contributed by atoms with van der Waals surface area (Å²) < 4.78 is 31.0. The Morgan fingerprint density at radius 2 is 1.78 bits per heavy atom. The molecular weight excluding hydrogens is 526 g/mol. The van der Waals surface area contributed by atoms with Crippen molar-refractivity contribution in [3.05, 3.63) is 65.2 Å². The molecule has 2 aromatic rings. The number of carbonyl (C=O) groups is 3. The van der Waals surface area contributed by atoms with Crippen molar-refractivity contribution in [3.63, 3.8) is 0 Å². The van der Waals surface area contributed by atoms with Gasteiger partial charge in [0.2, 0.25) is 21.8 Å². The number of amides is 2. The van der Waals surface area contributed by atoms with Crippen LogP contribution in [0.15, 0.2) is 59.5 Å². The summed E-state index contributed by atoms with van der Waals surface area (Å²) in [6, 6.07) is 13.2. The summed E-state index contributed by atoms with van der Waals surface area (Å²) >= 11 is 7.22. The molecule has 2 aromatic carbocycles. The summed E-state index contributed by atoms with van der Waals surface area (Å²) in [5.74, 6) is -1.36. The highest BCUT2D eigenvalue weighted by Crippen LogP contribution is 2.51. The minimum Gasteiger partial charge on any atom is -0.447 e. The van der Waals surface area contributed by atoms with E-state index in [1.54, 1.807) is 0 Å². The molecule has 0 aromatic heterocycles. The van der Waals surface area contributed by atoms with E-state index >= 15 is 0 Å². The SMILES string of the molecule is CN(COC(=O)[C@@H]1N2C(=O)[C@@H](NC(=O)Cc3ccccc3)[C@H]2SC1(C)C)S(=O)(=O)c1ccc(Cl)cc1. The number of hydrogen-bond acceptors (Lipinski definition) is 7. The van der Waals surface area contributed by atoms with Gasteiger partial charge in [-0.2, -0.15) is 4.31 Å². The van der Waals surface area contributed by atoms with Gasteiger partial charge in [0.05, 0.1) is 11.3 Å². The van der Waals surface area contributed by atoms with Gasteiger partial charge in [-0.1, -0.05) is 41.9 Å².